The van der Waals surface area contributed by atoms with Crippen molar-refractivity contribution in [3.8, 4) is 0 Å². The maximum atomic E-state index is 12.2. The number of anilines is 2. The van der Waals surface area contributed by atoms with Crippen molar-refractivity contribution < 1.29 is 19.5 Å². The molecule has 2 rings (SSSR count). The van der Waals surface area contributed by atoms with Gasteiger partial charge in [-0.3, -0.25) is 14.4 Å². The van der Waals surface area contributed by atoms with E-state index >= 15 is 0 Å². The Bertz CT molecular complexity index is 793. The maximum Gasteiger partial charge on any atom is 0.303 e. The monoisotopic (exact) mass is 374 g/mol. The molecule has 0 fully saturated rings. The van der Waals surface area contributed by atoms with Crippen molar-refractivity contribution >= 4 is 40.8 Å². The number of rotatable bonds is 8. The lowest BCUT2D eigenvalue weighted by molar-refractivity contribution is -0.137. The molecule has 0 saturated heterocycles. The van der Waals surface area contributed by atoms with Crippen molar-refractivity contribution in [1.82, 2.24) is 0 Å². The van der Waals surface area contributed by atoms with Crippen molar-refractivity contribution in [3.05, 3.63) is 59.1 Å². The molecule has 2 amide bonds. The largest absolute Gasteiger partial charge is 0.481 e. The van der Waals surface area contributed by atoms with Crippen LogP contribution in [-0.2, 0) is 20.8 Å². The standard InChI is InChI=1S/C19H19ClN2O4/c20-15-10-9-14(21-17(23)7-4-8-19(25)26)12-16(15)22-18(24)11-13-5-2-1-3-6-13/h1-3,5-6,9-10,12H,4,7-8,11H2,(H,21,23)(H,22,24)(H,25,26). The molecule has 6 nitrogen and oxygen atoms in total. The normalized spacial score (nSPS) is 10.2. The lowest BCUT2D eigenvalue weighted by atomic mass is 10.1. The van der Waals surface area contributed by atoms with Gasteiger partial charge in [-0.15, -0.1) is 0 Å². The number of carboxylic acids is 1. The highest BCUT2D eigenvalue weighted by Gasteiger charge is 2.10. The fourth-order valence-corrected chi connectivity index (χ4v) is 2.46. The summed E-state index contributed by atoms with van der Waals surface area (Å²) in [7, 11) is 0. The van der Waals surface area contributed by atoms with Gasteiger partial charge in [0.15, 0.2) is 0 Å². The Labute approximate surface area is 156 Å². The Morgan fingerprint density at radius 1 is 0.923 bits per heavy atom. The predicted molar refractivity (Wildman–Crippen MR) is 100 cm³/mol. The van der Waals surface area contributed by atoms with Gasteiger partial charge in [-0.25, -0.2) is 0 Å². The van der Waals surface area contributed by atoms with E-state index in [-0.39, 0.29) is 37.5 Å². The third-order valence-corrected chi connectivity index (χ3v) is 3.86. The SMILES string of the molecule is O=C(O)CCCC(=O)Nc1ccc(Cl)c(NC(=O)Cc2ccccc2)c1. The first-order valence-electron chi connectivity index (χ1n) is 8.09. The quantitative estimate of drug-likeness (QED) is 0.656. The van der Waals surface area contributed by atoms with Crippen molar-refractivity contribution in [1.29, 1.82) is 0 Å². The van der Waals surface area contributed by atoms with Crippen LogP contribution in [-0.4, -0.2) is 22.9 Å². The summed E-state index contributed by atoms with van der Waals surface area (Å²) in [6, 6.07) is 14.1. The Hall–Kier alpha value is -2.86. The highest BCUT2D eigenvalue weighted by atomic mass is 35.5. The first-order valence-corrected chi connectivity index (χ1v) is 8.47. The van der Waals surface area contributed by atoms with E-state index in [1.807, 2.05) is 30.3 Å². The molecule has 7 heteroatoms. The van der Waals surface area contributed by atoms with Gasteiger partial charge in [-0.2, -0.15) is 0 Å². The van der Waals surface area contributed by atoms with E-state index in [9.17, 15) is 14.4 Å². The van der Waals surface area contributed by atoms with Crippen molar-refractivity contribution in [3.63, 3.8) is 0 Å². The molecule has 136 valence electrons. The maximum absolute atomic E-state index is 12.2. The number of hydrogen-bond donors (Lipinski definition) is 3. The second-order valence-electron chi connectivity index (χ2n) is 5.70. The van der Waals surface area contributed by atoms with Crippen LogP contribution >= 0.6 is 11.6 Å². The van der Waals surface area contributed by atoms with Crippen LogP contribution in [0.3, 0.4) is 0 Å². The Morgan fingerprint density at radius 3 is 2.35 bits per heavy atom. The van der Waals surface area contributed by atoms with Crippen molar-refractivity contribution in [2.24, 2.45) is 0 Å². The second-order valence-corrected chi connectivity index (χ2v) is 6.11. The Balaban J connectivity index is 1.94. The number of nitrogens with one attached hydrogen (secondary N) is 2. The van der Waals surface area contributed by atoms with Crippen molar-refractivity contribution in [2.75, 3.05) is 10.6 Å². The predicted octanol–water partition coefficient (Wildman–Crippen LogP) is 3.71. The van der Waals surface area contributed by atoms with Crippen LogP contribution in [0.25, 0.3) is 0 Å². The molecule has 0 spiro atoms. The fraction of sp³-hybridized carbons (Fsp3) is 0.211. The van der Waals surface area contributed by atoms with Gasteiger partial charge in [0, 0.05) is 18.5 Å². The molecule has 0 atom stereocenters. The number of benzene rings is 2. The molecule has 0 aliphatic rings. The molecule has 2 aromatic rings. The van der Waals surface area contributed by atoms with Gasteiger partial charge in [0.05, 0.1) is 17.1 Å². The van der Waals surface area contributed by atoms with E-state index in [1.54, 1.807) is 18.2 Å². The van der Waals surface area contributed by atoms with Crippen LogP contribution in [0.4, 0.5) is 11.4 Å². The van der Waals surface area contributed by atoms with Gasteiger partial charge >= 0.3 is 5.97 Å². The third-order valence-electron chi connectivity index (χ3n) is 3.53. The second kappa shape index (κ2) is 9.58. The lowest BCUT2D eigenvalue weighted by Gasteiger charge is -2.11. The summed E-state index contributed by atoms with van der Waals surface area (Å²) in [5, 5.41) is 14.3. The van der Waals surface area contributed by atoms with Crippen LogP contribution in [0, 0.1) is 0 Å². The zero-order valence-electron chi connectivity index (χ0n) is 14.0. The molecular formula is C19H19ClN2O4. The highest BCUT2D eigenvalue weighted by Crippen LogP contribution is 2.26. The molecule has 0 bridgehead atoms. The van der Waals surface area contributed by atoms with Gasteiger partial charge in [0.1, 0.15) is 0 Å². The minimum atomic E-state index is -0.937. The van der Waals surface area contributed by atoms with Crippen LogP contribution < -0.4 is 10.6 Å². The molecule has 0 heterocycles. The molecule has 0 unspecified atom stereocenters. The zero-order valence-corrected chi connectivity index (χ0v) is 14.8. The zero-order chi connectivity index (χ0) is 18.9. The van der Waals surface area contributed by atoms with Gasteiger partial charge in [-0.05, 0) is 30.2 Å². The summed E-state index contributed by atoms with van der Waals surface area (Å²) in [6.45, 7) is 0. The summed E-state index contributed by atoms with van der Waals surface area (Å²) in [4.78, 5) is 34.5. The van der Waals surface area contributed by atoms with Gasteiger partial charge in [0.2, 0.25) is 11.8 Å². The van der Waals surface area contributed by atoms with Crippen LogP contribution in [0.5, 0.6) is 0 Å². The number of carboxylic acid groups (broad SMARTS) is 1. The molecular weight excluding hydrogens is 356 g/mol. The van der Waals surface area contributed by atoms with Gasteiger partial charge in [-0.1, -0.05) is 41.9 Å². The van der Waals surface area contributed by atoms with Crippen LogP contribution in [0.15, 0.2) is 48.5 Å². The number of carbonyl (C=O) groups is 3. The van der Waals surface area contributed by atoms with E-state index in [1.165, 1.54) is 0 Å². The topological polar surface area (TPSA) is 95.5 Å². The Kier molecular flexibility index (Phi) is 7.17. The van der Waals surface area contributed by atoms with Crippen LogP contribution in [0.1, 0.15) is 24.8 Å². The van der Waals surface area contributed by atoms with Crippen molar-refractivity contribution in [2.45, 2.75) is 25.7 Å². The molecule has 26 heavy (non-hydrogen) atoms. The number of halogens is 1. The van der Waals surface area contributed by atoms with E-state index < -0.39 is 5.97 Å². The number of amides is 2. The smallest absolute Gasteiger partial charge is 0.303 e. The Morgan fingerprint density at radius 2 is 1.65 bits per heavy atom. The highest BCUT2D eigenvalue weighted by molar-refractivity contribution is 6.33. The molecule has 2 aromatic carbocycles. The molecule has 0 radical (unpaired) electrons. The molecule has 0 saturated carbocycles. The van der Waals surface area contributed by atoms with E-state index in [2.05, 4.69) is 10.6 Å². The van der Waals surface area contributed by atoms with E-state index in [0.717, 1.165) is 5.56 Å². The average Bonchev–Trinajstić information content (AvgIpc) is 2.58. The third kappa shape index (κ3) is 6.57. The minimum absolute atomic E-state index is 0.0607. The summed E-state index contributed by atoms with van der Waals surface area (Å²) in [6.07, 6.45) is 0.512. The number of aliphatic carboxylic acids is 1. The summed E-state index contributed by atoms with van der Waals surface area (Å²) >= 11 is 6.11. The van der Waals surface area contributed by atoms with E-state index in [4.69, 9.17) is 16.7 Å². The van der Waals surface area contributed by atoms with Gasteiger partial charge < -0.3 is 15.7 Å². The lowest BCUT2D eigenvalue weighted by Crippen LogP contribution is -2.15. The minimum Gasteiger partial charge on any atom is -0.481 e. The first-order chi connectivity index (χ1) is 12.4. The van der Waals surface area contributed by atoms with E-state index in [0.29, 0.717) is 16.4 Å². The fourth-order valence-electron chi connectivity index (χ4n) is 2.30. The van der Waals surface area contributed by atoms with Gasteiger partial charge in [0.25, 0.3) is 0 Å². The summed E-state index contributed by atoms with van der Waals surface area (Å²) in [5.41, 5.74) is 1.75. The molecule has 0 aromatic heterocycles. The average molecular weight is 375 g/mol. The molecule has 0 aliphatic heterocycles. The number of carbonyl (C=O) groups excluding carboxylic acids is 2. The number of hydrogen-bond acceptors (Lipinski definition) is 3. The molecule has 0 aliphatic carbocycles. The summed E-state index contributed by atoms with van der Waals surface area (Å²) < 4.78 is 0. The van der Waals surface area contributed by atoms with Crippen LogP contribution in [0.2, 0.25) is 5.02 Å². The molecule has 3 N–H and O–H groups in total. The first kappa shape index (κ1) is 19.5. The summed E-state index contributed by atoms with van der Waals surface area (Å²) in [5.74, 6) is -1.45.